The Morgan fingerprint density at radius 2 is 0.873 bits per heavy atom. The topological polar surface area (TPSA) is 349 Å². The predicted octanol–water partition coefficient (Wildman–Crippen LogP) is 11.9. The number of carbonyl (C=O) groups excluding carboxylic acids is 2. The number of carbonyl (C=O) groups is 1. The molecular weight excluding hydrogens is 2060 g/mol. The molecule has 0 aliphatic heterocycles. The number of hydrogen-bond donors (Lipinski definition) is 1. The van der Waals surface area contributed by atoms with Crippen LogP contribution in [0.3, 0.4) is 0 Å². The molecule has 14 aromatic rings. The van der Waals surface area contributed by atoms with Gasteiger partial charge in [-0.05, 0) is 160 Å². The number of pyridine rings is 7. The van der Waals surface area contributed by atoms with Gasteiger partial charge in [0.1, 0.15) is 5.69 Å². The molecule has 1 saturated carbocycles. The summed E-state index contributed by atoms with van der Waals surface area (Å²) in [6, 6.07) is 49.4. The molecule has 13 heterocycles. The Bertz CT molecular complexity index is 4230. The molecular formula is C71H65Cl2N21O4OsPt3-2. The minimum Gasteiger partial charge on any atom is 0 e. The molecule has 2 aliphatic carbocycles. The monoisotopic (exact) mass is 2120 g/mol. The molecule has 2 bridgehead atoms. The van der Waals surface area contributed by atoms with Crippen molar-refractivity contribution in [3.05, 3.63) is 247 Å². The van der Waals surface area contributed by atoms with Gasteiger partial charge in [-0.3, -0.25) is 53.7 Å². The van der Waals surface area contributed by atoms with Gasteiger partial charge in [0.05, 0.1) is 17.1 Å². The molecule has 1 aromatic carbocycles. The number of aromatic nitrogens is 21. The largest absolute Gasteiger partial charge is 4.00 e. The van der Waals surface area contributed by atoms with Crippen LogP contribution in [0.15, 0.2) is 201 Å². The number of aromatic carboxylic acids is 1. The summed E-state index contributed by atoms with van der Waals surface area (Å²) in [4.78, 5) is 62.8. The fraction of sp³-hybridized carbons (Fsp3) is 0.183. The first kappa shape index (κ1) is 85.2. The summed E-state index contributed by atoms with van der Waals surface area (Å²) in [6.45, 7) is 23.0. The maximum absolute atomic E-state index is 10.1. The number of carboxylic acids is 1. The van der Waals surface area contributed by atoms with E-state index in [0.717, 1.165) is 74.0 Å². The van der Waals surface area contributed by atoms with Crippen molar-refractivity contribution in [2.75, 3.05) is 0 Å². The maximum Gasteiger partial charge on any atom is 4.00 e. The molecule has 31 heteroatoms. The van der Waals surface area contributed by atoms with Gasteiger partial charge in [-0.1, -0.05) is 122 Å². The molecule has 0 saturated heterocycles. The average Bonchev–Trinajstić information content (AvgIpc) is 1.52. The van der Waals surface area contributed by atoms with Crippen molar-refractivity contribution in [1.82, 2.24) is 106 Å². The third kappa shape index (κ3) is 23.4. The number of rotatable bonds is 7. The Morgan fingerprint density at radius 1 is 0.490 bits per heavy atom. The third-order valence-electron chi connectivity index (χ3n) is 15.3. The summed E-state index contributed by atoms with van der Waals surface area (Å²) in [7, 11) is 9.75. The first-order valence-corrected chi connectivity index (χ1v) is 35.7. The zero-order chi connectivity index (χ0) is 71.2. The van der Waals surface area contributed by atoms with Crippen molar-refractivity contribution in [3.63, 3.8) is 0 Å². The van der Waals surface area contributed by atoms with Gasteiger partial charge in [0.25, 0.3) is 0 Å². The number of aryl methyl sites for hydroxylation is 5. The molecule has 532 valence electrons. The van der Waals surface area contributed by atoms with E-state index < -0.39 is 22.5 Å². The second kappa shape index (κ2) is 43.5. The Hall–Kier alpha value is -9.26. The number of halogens is 2. The molecule has 0 spiro atoms. The Labute approximate surface area is 647 Å². The minimum absolute atomic E-state index is 0. The number of nitrogens with zero attached hydrogens (tertiary/aromatic N) is 21. The minimum atomic E-state index is -0.990. The normalized spacial score (nSPS) is 13.2. The first-order valence-electron chi connectivity index (χ1n) is 30.0. The zero-order valence-electron chi connectivity index (χ0n) is 55.8. The smallest absolute Gasteiger partial charge is 0 e. The summed E-state index contributed by atoms with van der Waals surface area (Å²) in [5.41, 5.74) is 14.5. The van der Waals surface area contributed by atoms with Crippen LogP contribution in [0.1, 0.15) is 90.0 Å². The van der Waals surface area contributed by atoms with E-state index in [4.69, 9.17) is 33.5 Å². The second-order valence-electron chi connectivity index (χ2n) is 22.0. The van der Waals surface area contributed by atoms with Gasteiger partial charge in [0.15, 0.2) is 0 Å². The Kier molecular flexibility index (Phi) is 36.3. The molecule has 16 rings (SSSR count). The molecule has 0 radical (unpaired) electrons. The maximum atomic E-state index is 10.1. The van der Waals surface area contributed by atoms with Crippen molar-refractivity contribution < 1.29 is 97.9 Å². The third-order valence-corrected chi connectivity index (χ3v) is 15.3. The Balaban J connectivity index is 0.000000252. The van der Waals surface area contributed by atoms with E-state index in [1.54, 1.807) is 57.0 Å². The van der Waals surface area contributed by atoms with Crippen LogP contribution >= 0.6 is 18.8 Å². The van der Waals surface area contributed by atoms with Gasteiger partial charge in [-0.2, -0.15) is 0 Å². The van der Waals surface area contributed by atoms with Gasteiger partial charge < -0.3 is 75.7 Å². The molecule has 1 fully saturated rings. The quantitative estimate of drug-likeness (QED) is 0.114. The average molecular weight is 2120 g/mol. The summed E-state index contributed by atoms with van der Waals surface area (Å²) >= 11 is -0.472. The second-order valence-corrected chi connectivity index (χ2v) is 25.2. The molecule has 1 N–H and O–H groups in total. The molecule has 2 aliphatic rings. The number of fused-ring (bicyclic) bond motifs is 6. The molecule has 2 atom stereocenters. The van der Waals surface area contributed by atoms with E-state index >= 15 is 0 Å². The molecule has 0 amide bonds. The first-order chi connectivity index (χ1) is 48.1. The molecule has 25 nitrogen and oxygen atoms in total. The van der Waals surface area contributed by atoms with Gasteiger partial charge in [0, 0.05) is 127 Å². The van der Waals surface area contributed by atoms with E-state index in [2.05, 4.69) is 171 Å². The summed E-state index contributed by atoms with van der Waals surface area (Å²) in [5.74, 6) is 2.09. The van der Waals surface area contributed by atoms with Gasteiger partial charge >= 0.3 is 82.1 Å². The SMILES string of the molecule is CC12CCC(c3c1n[n-]c3-c1nccc3ccccc13)C2(C)C.Cc1cc(-c2ccccn2)[n-]n1.Cc1cc(-c2ccccn2)[n-]n1.Cc1cc(-c2ccccn2)[n-]n1.Cc1n[n-]c(-c2ccccn2)n1.Cc1n[n-]c(-c2ccccn2)n1.O=C(O)c1ccccn1.[CH-]=O.[CH-]=O.[Cl][Pt][Cl].[Os+4].[Pt+2].[Pt]. The summed E-state index contributed by atoms with van der Waals surface area (Å²) in [5, 5.41) is 58.9. The standard InChI is InChI=1S/C20H20N3.3C9H8N3.2C8H7N4.C6H5NO2.2CHO.2ClH.Os.3Pt/c1-19(2)14-8-10-20(19,3)18-15(14)17(22-23-18)16-13-7-5-4-6-12(13)9-11-21-16;3*1-7-6-9(12-11-7)8-4-2-3-5-10-8;2*1-6-10-8(12-11-6)7-4-2-3-5-9-7;8-6(9)5-3-1-2-4-7-5;2*1-2;;;;;;/h4-7,9,11,14H,8,10H2,1-3H3;3*2-6H,1H3;2*2-5H,1H3;1-4H,(H,8,9);2*1H;2*1H;;;;/q6*-1;;2*-1;;;+4;;2*+2/p-2. The van der Waals surface area contributed by atoms with E-state index in [1.807, 2.05) is 136 Å². The van der Waals surface area contributed by atoms with Gasteiger partial charge in [-0.15, -0.1) is 0 Å². The van der Waals surface area contributed by atoms with Crippen LogP contribution in [0.25, 0.3) is 79.4 Å². The predicted molar refractivity (Wildman–Crippen MR) is 371 cm³/mol. The van der Waals surface area contributed by atoms with Crippen LogP contribution in [0.2, 0.25) is 0 Å². The van der Waals surface area contributed by atoms with Crippen LogP contribution < -0.4 is 30.6 Å². The van der Waals surface area contributed by atoms with E-state index in [9.17, 15) is 4.79 Å². The van der Waals surface area contributed by atoms with E-state index in [0.29, 0.717) is 29.2 Å². The van der Waals surface area contributed by atoms with Crippen LogP contribution in [0, 0.1) is 40.0 Å². The van der Waals surface area contributed by atoms with Crippen molar-refractivity contribution >= 4 is 49.2 Å². The van der Waals surface area contributed by atoms with Crippen molar-refractivity contribution in [2.24, 2.45) is 5.41 Å². The molecule has 102 heavy (non-hydrogen) atoms. The van der Waals surface area contributed by atoms with Gasteiger partial charge in [-0.25, -0.2) is 9.78 Å². The van der Waals surface area contributed by atoms with Crippen LogP contribution in [-0.2, 0) is 93.4 Å². The summed E-state index contributed by atoms with van der Waals surface area (Å²) in [6.07, 6.45) is 14.5. The van der Waals surface area contributed by atoms with Crippen LogP contribution in [-0.4, -0.2) is 100 Å². The molecule has 2 unspecified atom stereocenters. The number of carboxylic acid groups (broad SMARTS) is 1. The van der Waals surface area contributed by atoms with Crippen LogP contribution in [0.5, 0.6) is 0 Å². The van der Waals surface area contributed by atoms with Crippen molar-refractivity contribution in [1.29, 1.82) is 0 Å². The van der Waals surface area contributed by atoms with Crippen LogP contribution in [0.4, 0.5) is 0 Å². The number of hydrogen-bond acceptors (Lipinski definition) is 18. The van der Waals surface area contributed by atoms with Crippen molar-refractivity contribution in [2.45, 2.75) is 79.6 Å². The fourth-order valence-corrected chi connectivity index (χ4v) is 10.4. The van der Waals surface area contributed by atoms with E-state index in [1.165, 1.54) is 47.1 Å². The molecule has 13 aromatic heterocycles. The summed E-state index contributed by atoms with van der Waals surface area (Å²) < 4.78 is 0. The number of benzene rings is 1. The zero-order valence-corrected chi connectivity index (χ0v) is 66.7. The fourth-order valence-electron chi connectivity index (χ4n) is 10.4. The van der Waals surface area contributed by atoms with E-state index in [-0.39, 0.29) is 78.4 Å². The Morgan fingerprint density at radius 3 is 1.21 bits per heavy atom. The van der Waals surface area contributed by atoms with Crippen molar-refractivity contribution in [3.8, 4) is 68.6 Å². The van der Waals surface area contributed by atoms with Gasteiger partial charge in [0.2, 0.25) is 0 Å².